The fraction of sp³-hybridized carbons (Fsp3) is 0.588. The van der Waals surface area contributed by atoms with Crippen LogP contribution in [0.5, 0.6) is 0 Å². The molecule has 1 fully saturated rings. The monoisotopic (exact) mass is 272 g/mol. The summed E-state index contributed by atoms with van der Waals surface area (Å²) in [6.07, 6.45) is 7.08. The number of carbonyl (C=O) groups is 1. The maximum atomic E-state index is 12.2. The van der Waals surface area contributed by atoms with Crippen LogP contribution in [0.15, 0.2) is 24.3 Å². The summed E-state index contributed by atoms with van der Waals surface area (Å²) in [5, 5.41) is 3.21. The number of hydrogen-bond acceptors (Lipinski definition) is 2. The molecule has 1 amide bonds. The summed E-state index contributed by atoms with van der Waals surface area (Å²) < 4.78 is 0. The Labute approximate surface area is 120 Å². The fourth-order valence-electron chi connectivity index (χ4n) is 3.66. The van der Waals surface area contributed by atoms with Gasteiger partial charge < -0.3 is 11.1 Å². The Hall–Kier alpha value is -1.35. The molecule has 3 nitrogen and oxygen atoms in total. The molecule has 0 bridgehead atoms. The van der Waals surface area contributed by atoms with Gasteiger partial charge in [0.25, 0.3) is 0 Å². The summed E-state index contributed by atoms with van der Waals surface area (Å²) in [5.41, 5.74) is 8.87. The van der Waals surface area contributed by atoms with Crippen LogP contribution in [0, 0.1) is 5.92 Å². The third kappa shape index (κ3) is 3.04. The average Bonchev–Trinajstić information content (AvgIpc) is 2.84. The van der Waals surface area contributed by atoms with E-state index in [2.05, 4.69) is 29.6 Å². The van der Waals surface area contributed by atoms with Gasteiger partial charge >= 0.3 is 0 Å². The van der Waals surface area contributed by atoms with Crippen LogP contribution in [0.3, 0.4) is 0 Å². The van der Waals surface area contributed by atoms with Crippen molar-refractivity contribution in [3.8, 4) is 0 Å². The van der Waals surface area contributed by atoms with Gasteiger partial charge in [-0.25, -0.2) is 0 Å². The maximum absolute atomic E-state index is 12.2. The number of rotatable bonds is 3. The normalized spacial score (nSPS) is 28.9. The highest BCUT2D eigenvalue weighted by atomic mass is 16.1. The molecule has 0 aromatic heterocycles. The van der Waals surface area contributed by atoms with Crippen molar-refractivity contribution in [3.63, 3.8) is 0 Å². The van der Waals surface area contributed by atoms with Crippen LogP contribution in [-0.4, -0.2) is 18.0 Å². The molecule has 0 spiro atoms. The van der Waals surface area contributed by atoms with E-state index in [1.165, 1.54) is 17.5 Å². The molecule has 0 heterocycles. The zero-order valence-corrected chi connectivity index (χ0v) is 12.0. The molecule has 0 saturated heterocycles. The van der Waals surface area contributed by atoms with Crippen molar-refractivity contribution in [3.05, 3.63) is 35.4 Å². The van der Waals surface area contributed by atoms with Crippen molar-refractivity contribution < 1.29 is 4.79 Å². The van der Waals surface area contributed by atoms with Gasteiger partial charge in [-0.05, 0) is 49.1 Å². The van der Waals surface area contributed by atoms with E-state index in [9.17, 15) is 4.79 Å². The number of hydrogen-bond donors (Lipinski definition) is 2. The van der Waals surface area contributed by atoms with E-state index >= 15 is 0 Å². The lowest BCUT2D eigenvalue weighted by molar-refractivity contribution is -0.122. The van der Waals surface area contributed by atoms with Gasteiger partial charge in [0.15, 0.2) is 0 Å². The van der Waals surface area contributed by atoms with Crippen molar-refractivity contribution in [2.45, 2.75) is 57.0 Å². The van der Waals surface area contributed by atoms with Gasteiger partial charge in [0, 0.05) is 18.5 Å². The maximum Gasteiger partial charge on any atom is 0.220 e. The molecule has 1 aromatic carbocycles. The number of aryl methyl sites for hydroxylation is 1. The number of fused-ring (bicyclic) bond motifs is 1. The smallest absolute Gasteiger partial charge is 0.220 e. The molecule has 3 heteroatoms. The second kappa shape index (κ2) is 5.96. The number of nitrogens with one attached hydrogen (secondary N) is 1. The van der Waals surface area contributed by atoms with E-state index in [4.69, 9.17) is 5.73 Å². The van der Waals surface area contributed by atoms with E-state index in [1.54, 1.807) is 0 Å². The first-order valence-corrected chi connectivity index (χ1v) is 7.84. The third-order valence-corrected chi connectivity index (χ3v) is 4.88. The highest BCUT2D eigenvalue weighted by molar-refractivity contribution is 5.76. The average molecular weight is 272 g/mol. The minimum Gasteiger partial charge on any atom is -0.353 e. The van der Waals surface area contributed by atoms with Crippen molar-refractivity contribution in [2.75, 3.05) is 0 Å². The predicted molar refractivity (Wildman–Crippen MR) is 80.3 cm³/mol. The summed E-state index contributed by atoms with van der Waals surface area (Å²) in [6.45, 7) is 0. The van der Waals surface area contributed by atoms with E-state index in [-0.39, 0.29) is 11.9 Å². The van der Waals surface area contributed by atoms with Gasteiger partial charge in [0.05, 0.1) is 0 Å². The highest BCUT2D eigenvalue weighted by Crippen LogP contribution is 2.27. The topological polar surface area (TPSA) is 55.1 Å². The van der Waals surface area contributed by atoms with Gasteiger partial charge in [0.2, 0.25) is 5.91 Å². The molecule has 1 aromatic rings. The molecular weight excluding hydrogens is 248 g/mol. The molecule has 3 atom stereocenters. The number of amides is 1. The molecule has 2 aliphatic carbocycles. The van der Waals surface area contributed by atoms with E-state index in [0.717, 1.165) is 32.1 Å². The molecule has 1 unspecified atom stereocenters. The van der Waals surface area contributed by atoms with Crippen LogP contribution in [0.4, 0.5) is 0 Å². The molecule has 3 N–H and O–H groups in total. The van der Waals surface area contributed by atoms with Crippen LogP contribution in [0.25, 0.3) is 0 Å². The van der Waals surface area contributed by atoms with Gasteiger partial charge in [-0.1, -0.05) is 30.7 Å². The molecule has 2 aliphatic rings. The molecule has 3 rings (SSSR count). The quantitative estimate of drug-likeness (QED) is 0.886. The minimum atomic E-state index is 0.191. The van der Waals surface area contributed by atoms with Crippen molar-refractivity contribution in [1.29, 1.82) is 0 Å². The zero-order chi connectivity index (χ0) is 13.9. The van der Waals surface area contributed by atoms with Gasteiger partial charge in [0.1, 0.15) is 0 Å². The predicted octanol–water partition coefficient (Wildman–Crippen LogP) is 2.18. The van der Waals surface area contributed by atoms with Crippen molar-refractivity contribution in [1.82, 2.24) is 5.32 Å². The first-order chi connectivity index (χ1) is 9.72. The Morgan fingerprint density at radius 2 is 2.00 bits per heavy atom. The van der Waals surface area contributed by atoms with E-state index in [1.807, 2.05) is 0 Å². The van der Waals surface area contributed by atoms with E-state index in [0.29, 0.717) is 18.4 Å². The van der Waals surface area contributed by atoms with Crippen LogP contribution < -0.4 is 11.1 Å². The first-order valence-electron chi connectivity index (χ1n) is 7.84. The van der Waals surface area contributed by atoms with Gasteiger partial charge in [-0.3, -0.25) is 4.79 Å². The Morgan fingerprint density at radius 1 is 1.20 bits per heavy atom. The first kappa shape index (κ1) is 13.6. The number of nitrogens with two attached hydrogens (primary N) is 1. The molecule has 20 heavy (non-hydrogen) atoms. The summed E-state index contributed by atoms with van der Waals surface area (Å²) in [7, 11) is 0. The zero-order valence-electron chi connectivity index (χ0n) is 12.0. The van der Waals surface area contributed by atoms with Crippen molar-refractivity contribution >= 4 is 5.91 Å². The van der Waals surface area contributed by atoms with Gasteiger partial charge in [-0.15, -0.1) is 0 Å². The van der Waals surface area contributed by atoms with Crippen LogP contribution in [0.1, 0.15) is 43.2 Å². The second-order valence-corrected chi connectivity index (χ2v) is 6.33. The molecule has 0 radical (unpaired) electrons. The summed E-state index contributed by atoms with van der Waals surface area (Å²) in [6, 6.07) is 9.09. The lowest BCUT2D eigenvalue weighted by atomic mass is 9.88. The standard InChI is InChI=1S/C17H24N2O/c18-16-7-3-6-14(16)11-17(20)19-15-9-8-12-4-1-2-5-13(12)10-15/h1-2,4-5,14-16H,3,6-11,18H2,(H,19,20)/t14-,15?,16+/m0/s1. The minimum absolute atomic E-state index is 0.191. The van der Waals surface area contributed by atoms with Gasteiger partial charge in [-0.2, -0.15) is 0 Å². The third-order valence-electron chi connectivity index (χ3n) is 4.88. The Kier molecular flexibility index (Phi) is 4.06. The Morgan fingerprint density at radius 3 is 2.75 bits per heavy atom. The lowest BCUT2D eigenvalue weighted by Crippen LogP contribution is -2.40. The summed E-state index contributed by atoms with van der Waals surface area (Å²) in [4.78, 5) is 12.2. The van der Waals surface area contributed by atoms with Crippen molar-refractivity contribution in [2.24, 2.45) is 11.7 Å². The highest BCUT2D eigenvalue weighted by Gasteiger charge is 2.27. The molecule has 1 saturated carbocycles. The molecule has 0 aliphatic heterocycles. The summed E-state index contributed by atoms with van der Waals surface area (Å²) in [5.74, 6) is 0.586. The Balaban J connectivity index is 1.53. The second-order valence-electron chi connectivity index (χ2n) is 6.33. The molecular formula is C17H24N2O. The van der Waals surface area contributed by atoms with Crippen LogP contribution in [-0.2, 0) is 17.6 Å². The largest absolute Gasteiger partial charge is 0.353 e. The summed E-state index contributed by atoms with van der Waals surface area (Å²) >= 11 is 0. The van der Waals surface area contributed by atoms with Crippen LogP contribution >= 0.6 is 0 Å². The Bertz CT molecular complexity index is 486. The van der Waals surface area contributed by atoms with Crippen LogP contribution in [0.2, 0.25) is 0 Å². The number of carbonyl (C=O) groups excluding carboxylic acids is 1. The molecule has 108 valence electrons. The number of benzene rings is 1. The van der Waals surface area contributed by atoms with E-state index < -0.39 is 0 Å². The fourth-order valence-corrected chi connectivity index (χ4v) is 3.66. The lowest BCUT2D eigenvalue weighted by Gasteiger charge is -2.26. The SMILES string of the molecule is N[C@@H]1CCC[C@H]1CC(=O)NC1CCc2ccccc2C1.